The molecule has 4 saturated carbocycles. The molecule has 4 fully saturated rings. The second kappa shape index (κ2) is 7.70. The number of benzene rings is 2. The number of nitrogens with one attached hydrogen (secondary N) is 2. The second-order valence-electron chi connectivity index (χ2n) is 9.98. The van der Waals surface area contributed by atoms with Crippen LogP contribution in [0.5, 0.6) is 5.75 Å². The minimum atomic E-state index is -0.203. The van der Waals surface area contributed by atoms with Crippen molar-refractivity contribution in [2.75, 3.05) is 7.11 Å². The average Bonchev–Trinajstić information content (AvgIpc) is 2.73. The Morgan fingerprint density at radius 2 is 1.71 bits per heavy atom. The van der Waals surface area contributed by atoms with Crippen LogP contribution in [0.25, 0.3) is 0 Å². The van der Waals surface area contributed by atoms with Crippen LogP contribution in [0, 0.1) is 18.8 Å². The molecule has 5 nitrogen and oxygen atoms in total. The number of rotatable bonds is 5. The van der Waals surface area contributed by atoms with Crippen molar-refractivity contribution >= 4 is 12.2 Å². The fourth-order valence-corrected chi connectivity index (χ4v) is 6.78. The van der Waals surface area contributed by atoms with E-state index in [1.165, 1.54) is 30.4 Å². The van der Waals surface area contributed by atoms with Gasteiger partial charge in [-0.15, -0.1) is 0 Å². The molecule has 2 amide bonds. The molecule has 2 atom stereocenters. The Hall–Kier alpha value is -2.82. The Bertz CT molecular complexity index is 967. The predicted molar refractivity (Wildman–Crippen MR) is 123 cm³/mol. The molecule has 6 rings (SSSR count). The summed E-state index contributed by atoms with van der Waals surface area (Å²) < 4.78 is 5.17. The van der Waals surface area contributed by atoms with Crippen LogP contribution in [0.2, 0.25) is 0 Å². The van der Waals surface area contributed by atoms with Gasteiger partial charge in [0.1, 0.15) is 5.75 Å². The van der Waals surface area contributed by atoms with Crippen molar-refractivity contribution in [2.45, 2.75) is 56.4 Å². The monoisotopic (exact) mass is 417 g/mol. The van der Waals surface area contributed by atoms with Gasteiger partial charge in [0.15, 0.2) is 0 Å². The Kier molecular flexibility index (Phi) is 4.99. The van der Waals surface area contributed by atoms with E-state index in [1.807, 2.05) is 24.3 Å². The molecular formula is C26H31N3O2. The Morgan fingerprint density at radius 3 is 2.35 bits per heavy atom. The smallest absolute Gasteiger partial charge is 0.335 e. The van der Waals surface area contributed by atoms with Crippen molar-refractivity contribution in [1.82, 2.24) is 10.7 Å². The number of aryl methyl sites for hydroxylation is 1. The largest absolute Gasteiger partial charge is 0.497 e. The third-order valence-corrected chi connectivity index (χ3v) is 7.60. The molecule has 0 aromatic heterocycles. The van der Waals surface area contributed by atoms with Crippen LogP contribution in [0.1, 0.15) is 55.2 Å². The zero-order valence-corrected chi connectivity index (χ0v) is 18.4. The minimum Gasteiger partial charge on any atom is -0.497 e. The summed E-state index contributed by atoms with van der Waals surface area (Å²) >= 11 is 0. The third-order valence-electron chi connectivity index (χ3n) is 7.60. The molecule has 0 heterocycles. The summed E-state index contributed by atoms with van der Waals surface area (Å²) in [6, 6.07) is 16.5. The summed E-state index contributed by atoms with van der Waals surface area (Å²) in [5, 5.41) is 7.50. The van der Waals surface area contributed by atoms with Gasteiger partial charge in [0.2, 0.25) is 0 Å². The first-order valence-corrected chi connectivity index (χ1v) is 11.3. The maximum Gasteiger partial charge on any atom is 0.335 e. The predicted octanol–water partition coefficient (Wildman–Crippen LogP) is 4.93. The molecule has 5 heteroatoms. The third kappa shape index (κ3) is 3.93. The van der Waals surface area contributed by atoms with Crippen LogP contribution in [0.3, 0.4) is 0 Å². The van der Waals surface area contributed by atoms with E-state index in [-0.39, 0.29) is 17.0 Å². The summed E-state index contributed by atoms with van der Waals surface area (Å²) in [6.07, 6.45) is 8.70. The van der Waals surface area contributed by atoms with Gasteiger partial charge in [-0.3, -0.25) is 0 Å². The number of nitrogens with zero attached hydrogens (tertiary/aromatic N) is 1. The fraction of sp³-hybridized carbons (Fsp3) is 0.462. The number of ether oxygens (including phenoxy) is 1. The molecular weight excluding hydrogens is 386 g/mol. The van der Waals surface area contributed by atoms with Gasteiger partial charge >= 0.3 is 6.03 Å². The summed E-state index contributed by atoms with van der Waals surface area (Å²) in [4.78, 5) is 12.7. The van der Waals surface area contributed by atoms with Gasteiger partial charge in [0.25, 0.3) is 0 Å². The summed E-state index contributed by atoms with van der Waals surface area (Å²) in [7, 11) is 1.64. The molecule has 2 aromatic carbocycles. The van der Waals surface area contributed by atoms with Gasteiger partial charge in [-0.25, -0.2) is 10.2 Å². The second-order valence-corrected chi connectivity index (χ2v) is 9.98. The van der Waals surface area contributed by atoms with E-state index in [1.54, 1.807) is 13.3 Å². The van der Waals surface area contributed by atoms with Crippen molar-refractivity contribution < 1.29 is 9.53 Å². The van der Waals surface area contributed by atoms with Crippen LogP contribution in [0.4, 0.5) is 4.79 Å². The van der Waals surface area contributed by atoms with Crippen molar-refractivity contribution in [3.05, 3.63) is 65.2 Å². The zero-order chi connectivity index (χ0) is 21.5. The molecule has 0 spiro atoms. The van der Waals surface area contributed by atoms with Gasteiger partial charge in [0.05, 0.1) is 13.3 Å². The maximum atomic E-state index is 12.7. The molecule has 4 aliphatic carbocycles. The molecule has 2 N–H and O–H groups in total. The summed E-state index contributed by atoms with van der Waals surface area (Å²) in [6.45, 7) is 2.14. The first-order chi connectivity index (χ1) is 15.0. The van der Waals surface area contributed by atoms with Crippen LogP contribution >= 0.6 is 0 Å². The number of hydrazone groups is 1. The van der Waals surface area contributed by atoms with Gasteiger partial charge in [-0.2, -0.15) is 5.10 Å². The summed E-state index contributed by atoms with van der Waals surface area (Å²) in [5.74, 6) is 2.20. The number of urea groups is 1. The van der Waals surface area contributed by atoms with Crippen LogP contribution in [-0.4, -0.2) is 24.9 Å². The number of hydrogen-bond acceptors (Lipinski definition) is 3. The van der Waals surface area contributed by atoms with Gasteiger partial charge < -0.3 is 10.1 Å². The molecule has 162 valence electrons. The topological polar surface area (TPSA) is 62.7 Å². The van der Waals surface area contributed by atoms with Crippen LogP contribution in [0.15, 0.2) is 53.6 Å². The average molecular weight is 418 g/mol. The highest BCUT2D eigenvalue weighted by molar-refractivity contribution is 5.82. The summed E-state index contributed by atoms with van der Waals surface area (Å²) in [5.41, 5.74) is 6.44. The Balaban J connectivity index is 1.28. The lowest BCUT2D eigenvalue weighted by Gasteiger charge is -2.62. The highest BCUT2D eigenvalue weighted by Gasteiger charge is 2.58. The van der Waals surface area contributed by atoms with Crippen molar-refractivity contribution in [3.63, 3.8) is 0 Å². The van der Waals surface area contributed by atoms with Crippen LogP contribution < -0.4 is 15.5 Å². The SMILES string of the molecule is COc1ccc(C=NNC(=O)NC23CC4CC(C2)CC(c2ccc(C)cc2)(C4)C3)cc1. The first kappa shape index (κ1) is 20.1. The van der Waals surface area contributed by atoms with Gasteiger partial charge in [-0.1, -0.05) is 29.8 Å². The lowest BCUT2D eigenvalue weighted by Crippen LogP contribution is -2.65. The molecule has 0 aliphatic heterocycles. The highest BCUT2D eigenvalue weighted by Crippen LogP contribution is 2.62. The van der Waals surface area contributed by atoms with E-state index in [2.05, 4.69) is 47.0 Å². The molecule has 0 radical (unpaired) electrons. The molecule has 4 aliphatic rings. The van der Waals surface area contributed by atoms with Crippen molar-refractivity contribution in [3.8, 4) is 5.75 Å². The van der Waals surface area contributed by atoms with E-state index < -0.39 is 0 Å². The zero-order valence-electron chi connectivity index (χ0n) is 18.4. The number of carbonyl (C=O) groups excluding carboxylic acids is 1. The Morgan fingerprint density at radius 1 is 1.03 bits per heavy atom. The van der Waals surface area contributed by atoms with E-state index in [4.69, 9.17) is 4.74 Å². The van der Waals surface area contributed by atoms with E-state index in [9.17, 15) is 4.79 Å². The molecule has 31 heavy (non-hydrogen) atoms. The van der Waals surface area contributed by atoms with E-state index in [0.717, 1.165) is 30.6 Å². The van der Waals surface area contributed by atoms with Gasteiger partial charge in [0, 0.05) is 5.54 Å². The lowest BCUT2D eigenvalue weighted by molar-refractivity contribution is -0.0349. The Labute approximate surface area is 184 Å². The number of methoxy groups -OCH3 is 1. The quantitative estimate of drug-likeness (QED) is 0.535. The van der Waals surface area contributed by atoms with E-state index in [0.29, 0.717) is 11.8 Å². The lowest BCUT2D eigenvalue weighted by atomic mass is 9.45. The molecule has 2 aromatic rings. The number of carbonyl (C=O) groups is 1. The molecule has 2 unspecified atom stereocenters. The van der Waals surface area contributed by atoms with Gasteiger partial charge in [-0.05, 0) is 98.1 Å². The molecule has 0 saturated heterocycles. The maximum absolute atomic E-state index is 12.7. The van der Waals surface area contributed by atoms with Crippen molar-refractivity contribution in [2.24, 2.45) is 16.9 Å². The minimum absolute atomic E-state index is 0.116. The highest BCUT2D eigenvalue weighted by atomic mass is 16.5. The first-order valence-electron chi connectivity index (χ1n) is 11.3. The van der Waals surface area contributed by atoms with Crippen LogP contribution in [-0.2, 0) is 5.41 Å². The molecule has 4 bridgehead atoms. The van der Waals surface area contributed by atoms with E-state index >= 15 is 0 Å². The number of amides is 2. The fourth-order valence-electron chi connectivity index (χ4n) is 6.78. The van der Waals surface area contributed by atoms with Crippen molar-refractivity contribution in [1.29, 1.82) is 0 Å². The number of hydrogen-bond donors (Lipinski definition) is 2. The normalized spacial score (nSPS) is 31.0. The standard InChI is InChI=1S/C26H31N3O2/c1-18-3-7-22(8-4-18)25-12-20-11-21(13-25)15-26(14-20,17-25)28-24(30)29-27-16-19-5-9-23(31-2)10-6-19/h3-10,16,20-21H,11-15,17H2,1-2H3,(H2,28,29,30).